The molecular weight excluding hydrogens is 428 g/mol. The number of thiophene rings is 1. The summed E-state index contributed by atoms with van der Waals surface area (Å²) in [5.74, 6) is 0.858. The van der Waals surface area contributed by atoms with Gasteiger partial charge in [-0.25, -0.2) is 0 Å². The maximum Gasteiger partial charge on any atom is 0.229 e. The van der Waals surface area contributed by atoms with Gasteiger partial charge in [0.15, 0.2) is 16.8 Å². The molecule has 2 heterocycles. The summed E-state index contributed by atoms with van der Waals surface area (Å²) in [5.41, 5.74) is 0.828. The third-order valence-corrected chi connectivity index (χ3v) is 7.00. The Morgan fingerprint density at radius 3 is 2.45 bits per heavy atom. The number of hydrogen-bond donors (Lipinski definition) is 1. The van der Waals surface area contributed by atoms with Gasteiger partial charge in [-0.05, 0) is 55.5 Å². The molecule has 1 saturated carbocycles. The van der Waals surface area contributed by atoms with E-state index < -0.39 is 5.41 Å². The molecule has 0 bridgehead atoms. The van der Waals surface area contributed by atoms with Crippen LogP contribution < -0.4 is 5.32 Å². The number of carbonyl (C=O) groups is 2. The Hall–Kier alpha value is -2.45. The van der Waals surface area contributed by atoms with Crippen molar-refractivity contribution in [3.63, 3.8) is 0 Å². The van der Waals surface area contributed by atoms with Crippen molar-refractivity contribution < 1.29 is 9.59 Å². The Bertz CT molecular complexity index is 1080. The highest BCUT2D eigenvalue weighted by atomic mass is 32.2. The van der Waals surface area contributed by atoms with E-state index in [1.54, 1.807) is 35.6 Å². The van der Waals surface area contributed by atoms with Crippen molar-refractivity contribution in [2.75, 3.05) is 5.32 Å². The number of thioether (sulfide) groups is 1. The van der Waals surface area contributed by atoms with E-state index in [1.165, 1.54) is 11.8 Å². The Morgan fingerprint density at radius 2 is 1.87 bits per heavy atom. The normalized spacial score (nSPS) is 15.0. The Balaban J connectivity index is 1.46. The molecule has 8 heteroatoms. The Kier molecular flexibility index (Phi) is 6.03. The van der Waals surface area contributed by atoms with Gasteiger partial charge in [0.1, 0.15) is 0 Å². The van der Waals surface area contributed by atoms with E-state index in [0.717, 1.165) is 28.7 Å². The van der Waals surface area contributed by atoms with Gasteiger partial charge in [-0.15, -0.1) is 21.5 Å². The van der Waals surface area contributed by atoms with E-state index in [-0.39, 0.29) is 16.9 Å². The van der Waals surface area contributed by atoms with Crippen LogP contribution in [0.5, 0.6) is 0 Å². The summed E-state index contributed by atoms with van der Waals surface area (Å²) < 4.78 is 2.19. The predicted octanol–water partition coefficient (Wildman–Crippen LogP) is 5.69. The van der Waals surface area contributed by atoms with Gasteiger partial charge < -0.3 is 5.32 Å². The molecular formula is C23H26N4O2S2. The number of hydrogen-bond acceptors (Lipinski definition) is 6. The van der Waals surface area contributed by atoms with Gasteiger partial charge in [0.2, 0.25) is 5.91 Å². The molecule has 162 valence electrons. The van der Waals surface area contributed by atoms with Crippen molar-refractivity contribution in [1.29, 1.82) is 0 Å². The van der Waals surface area contributed by atoms with Crippen LogP contribution in [0.15, 0.2) is 46.9 Å². The maximum atomic E-state index is 13.0. The minimum Gasteiger partial charge on any atom is -0.326 e. The second-order valence-corrected chi connectivity index (χ2v) is 11.0. The zero-order valence-corrected chi connectivity index (χ0v) is 19.7. The first-order valence-electron chi connectivity index (χ1n) is 10.3. The predicted molar refractivity (Wildman–Crippen MR) is 126 cm³/mol. The molecule has 1 amide bonds. The fourth-order valence-electron chi connectivity index (χ4n) is 3.08. The first-order valence-corrected chi connectivity index (χ1v) is 12.1. The van der Waals surface area contributed by atoms with E-state index in [2.05, 4.69) is 26.1 Å². The second-order valence-electron chi connectivity index (χ2n) is 8.79. The summed E-state index contributed by atoms with van der Waals surface area (Å²) in [7, 11) is 0. The topological polar surface area (TPSA) is 76.9 Å². The third kappa shape index (κ3) is 4.91. The zero-order chi connectivity index (χ0) is 22.2. The largest absolute Gasteiger partial charge is 0.326 e. The summed E-state index contributed by atoms with van der Waals surface area (Å²) in [5, 5.41) is 14.2. The van der Waals surface area contributed by atoms with Gasteiger partial charge in [0, 0.05) is 22.7 Å². The number of nitrogens with zero attached hydrogens (tertiary/aromatic N) is 3. The van der Waals surface area contributed by atoms with E-state index >= 15 is 0 Å². The van der Waals surface area contributed by atoms with Crippen molar-refractivity contribution >= 4 is 40.5 Å². The average Bonchev–Trinajstić information content (AvgIpc) is 3.25. The van der Waals surface area contributed by atoms with Crippen LogP contribution in [0.2, 0.25) is 0 Å². The summed E-state index contributed by atoms with van der Waals surface area (Å²) >= 11 is 3.10. The molecule has 3 aromatic rings. The van der Waals surface area contributed by atoms with Crippen LogP contribution >= 0.6 is 23.1 Å². The molecule has 2 aromatic heterocycles. The van der Waals surface area contributed by atoms with Crippen LogP contribution in [-0.2, 0) is 4.79 Å². The number of amides is 1. The molecule has 1 atom stereocenters. The fraction of sp³-hybridized carbons (Fsp3) is 0.391. The van der Waals surface area contributed by atoms with E-state index in [1.807, 2.05) is 39.1 Å². The van der Waals surface area contributed by atoms with E-state index in [4.69, 9.17) is 0 Å². The molecule has 1 aromatic carbocycles. The number of rotatable bonds is 7. The van der Waals surface area contributed by atoms with E-state index in [0.29, 0.717) is 17.3 Å². The van der Waals surface area contributed by atoms with Crippen LogP contribution in [0.3, 0.4) is 0 Å². The van der Waals surface area contributed by atoms with Crippen molar-refractivity contribution in [3.8, 4) is 10.7 Å². The molecule has 1 aliphatic rings. The SMILES string of the molecule is CC(Sc1nnc(-c2cccs2)n1C1CC1)C(=O)c1ccc(NC(=O)C(C)(C)C)cc1. The summed E-state index contributed by atoms with van der Waals surface area (Å²) in [6.07, 6.45) is 2.24. The lowest BCUT2D eigenvalue weighted by molar-refractivity contribution is -0.123. The molecule has 1 unspecified atom stereocenters. The number of ketones is 1. The number of Topliss-reactive ketones (excluding diaryl/α,β-unsaturated/α-hetero) is 1. The van der Waals surface area contributed by atoms with Crippen LogP contribution in [0.1, 0.15) is 56.9 Å². The lowest BCUT2D eigenvalue weighted by Gasteiger charge is -2.18. The molecule has 1 N–H and O–H groups in total. The van der Waals surface area contributed by atoms with Crippen molar-refractivity contribution in [2.45, 2.75) is 57.0 Å². The van der Waals surface area contributed by atoms with Gasteiger partial charge in [0.25, 0.3) is 0 Å². The molecule has 1 aliphatic carbocycles. The highest BCUT2D eigenvalue weighted by Gasteiger charge is 2.32. The molecule has 0 spiro atoms. The van der Waals surface area contributed by atoms with Crippen LogP contribution in [0.25, 0.3) is 10.7 Å². The molecule has 1 fully saturated rings. The number of anilines is 1. The molecule has 31 heavy (non-hydrogen) atoms. The first kappa shape index (κ1) is 21.8. The molecule has 0 aliphatic heterocycles. The van der Waals surface area contributed by atoms with Crippen LogP contribution in [0, 0.1) is 5.41 Å². The summed E-state index contributed by atoms with van der Waals surface area (Å²) in [6, 6.07) is 11.6. The third-order valence-electron chi connectivity index (χ3n) is 5.08. The van der Waals surface area contributed by atoms with Crippen LogP contribution in [0.4, 0.5) is 5.69 Å². The maximum absolute atomic E-state index is 13.0. The highest BCUT2D eigenvalue weighted by Crippen LogP contribution is 2.42. The average molecular weight is 455 g/mol. The number of benzene rings is 1. The van der Waals surface area contributed by atoms with E-state index in [9.17, 15) is 9.59 Å². The summed E-state index contributed by atoms with van der Waals surface area (Å²) in [4.78, 5) is 26.3. The lowest BCUT2D eigenvalue weighted by Crippen LogP contribution is -2.27. The van der Waals surface area contributed by atoms with Gasteiger partial charge >= 0.3 is 0 Å². The standard InChI is InChI=1S/C23H26N4O2S2/c1-14(19(28)15-7-9-16(10-8-15)24-21(29)23(2,3)4)31-22-26-25-20(18-6-5-13-30-18)27(22)17-11-12-17/h5-10,13-14,17H,11-12H2,1-4H3,(H,24,29). The fourth-order valence-corrected chi connectivity index (χ4v) is 4.78. The molecule has 0 saturated heterocycles. The first-order chi connectivity index (χ1) is 14.7. The number of aromatic nitrogens is 3. The van der Waals surface area contributed by atoms with Gasteiger partial charge in [-0.1, -0.05) is 38.6 Å². The molecule has 0 radical (unpaired) electrons. The minimum absolute atomic E-state index is 0.0294. The number of carbonyl (C=O) groups excluding carboxylic acids is 2. The van der Waals surface area contributed by atoms with Crippen LogP contribution in [-0.4, -0.2) is 31.7 Å². The Labute approximate surface area is 190 Å². The number of nitrogens with one attached hydrogen (secondary N) is 1. The molecule has 6 nitrogen and oxygen atoms in total. The molecule has 4 rings (SSSR count). The van der Waals surface area contributed by atoms with Gasteiger partial charge in [-0.3, -0.25) is 14.2 Å². The minimum atomic E-state index is -0.473. The second kappa shape index (κ2) is 8.59. The smallest absolute Gasteiger partial charge is 0.229 e. The highest BCUT2D eigenvalue weighted by molar-refractivity contribution is 8.00. The van der Waals surface area contributed by atoms with Gasteiger partial charge in [0.05, 0.1) is 10.1 Å². The zero-order valence-electron chi connectivity index (χ0n) is 18.1. The van der Waals surface area contributed by atoms with Crippen molar-refractivity contribution in [1.82, 2.24) is 14.8 Å². The quantitative estimate of drug-likeness (QED) is 0.367. The summed E-state index contributed by atoms with van der Waals surface area (Å²) in [6.45, 7) is 7.50. The monoisotopic (exact) mass is 454 g/mol. The lowest BCUT2D eigenvalue weighted by atomic mass is 9.95. The van der Waals surface area contributed by atoms with Crippen molar-refractivity contribution in [2.24, 2.45) is 5.41 Å². The van der Waals surface area contributed by atoms with Crippen molar-refractivity contribution in [3.05, 3.63) is 47.3 Å². The van der Waals surface area contributed by atoms with Gasteiger partial charge in [-0.2, -0.15) is 0 Å². The Morgan fingerprint density at radius 1 is 1.16 bits per heavy atom.